The second kappa shape index (κ2) is 5.48. The first-order valence-electron chi connectivity index (χ1n) is 5.80. The molecule has 19 heavy (non-hydrogen) atoms. The molecule has 1 aromatic heterocycles. The van der Waals surface area contributed by atoms with E-state index in [9.17, 15) is 4.79 Å². The highest BCUT2D eigenvalue weighted by atomic mass is 79.9. The van der Waals surface area contributed by atoms with Crippen LogP contribution >= 0.6 is 15.9 Å². The van der Waals surface area contributed by atoms with Gasteiger partial charge in [-0.25, -0.2) is 14.8 Å². The Labute approximate surface area is 119 Å². The van der Waals surface area contributed by atoms with E-state index in [1.54, 1.807) is 13.8 Å². The Hall–Kier alpha value is -1.75. The average molecular weight is 321 g/mol. The van der Waals surface area contributed by atoms with Gasteiger partial charge in [-0.2, -0.15) is 0 Å². The summed E-state index contributed by atoms with van der Waals surface area (Å²) in [6.45, 7) is 3.39. The number of benzene rings is 1. The van der Waals surface area contributed by atoms with Crippen molar-refractivity contribution in [2.24, 2.45) is 0 Å². The quantitative estimate of drug-likeness (QED) is 0.943. The third kappa shape index (κ3) is 2.98. The van der Waals surface area contributed by atoms with E-state index >= 15 is 0 Å². The fraction of sp³-hybridized carbons (Fsp3) is 0.214. The second-order valence-electron chi connectivity index (χ2n) is 4.26. The smallest absolute Gasteiger partial charge is 0.339 e. The molecule has 0 atom stereocenters. The normalized spacial score (nSPS) is 10.5. The Morgan fingerprint density at radius 3 is 2.32 bits per heavy atom. The second-order valence-corrected chi connectivity index (χ2v) is 5.11. The van der Waals surface area contributed by atoms with Gasteiger partial charge >= 0.3 is 5.97 Å². The largest absolute Gasteiger partial charge is 0.478 e. The SMILES string of the molecule is Cc1nc(Cc2ccccc2Br)nc(C)c1C(=O)O. The monoisotopic (exact) mass is 320 g/mol. The average Bonchev–Trinajstić information content (AvgIpc) is 2.30. The molecular formula is C14H13BrN2O2. The predicted octanol–water partition coefficient (Wildman–Crippen LogP) is 3.14. The Balaban J connectivity index is 2.38. The maximum Gasteiger partial charge on any atom is 0.339 e. The van der Waals surface area contributed by atoms with E-state index in [0.717, 1.165) is 10.0 Å². The lowest BCUT2D eigenvalue weighted by atomic mass is 10.1. The molecule has 0 saturated heterocycles. The molecule has 1 heterocycles. The zero-order chi connectivity index (χ0) is 14.0. The molecule has 2 aromatic rings. The standard InChI is InChI=1S/C14H13BrN2O2/c1-8-13(14(18)19)9(2)17-12(16-8)7-10-5-3-4-6-11(10)15/h3-6H,7H2,1-2H3,(H,18,19). The lowest BCUT2D eigenvalue weighted by Crippen LogP contribution is -2.10. The molecule has 0 fully saturated rings. The molecule has 1 N–H and O–H groups in total. The zero-order valence-corrected chi connectivity index (χ0v) is 12.2. The molecule has 2 rings (SSSR count). The number of carbonyl (C=O) groups is 1. The number of nitrogens with zero attached hydrogens (tertiary/aromatic N) is 2. The van der Waals surface area contributed by atoms with Gasteiger partial charge in [-0.05, 0) is 25.5 Å². The van der Waals surface area contributed by atoms with E-state index in [2.05, 4.69) is 25.9 Å². The van der Waals surface area contributed by atoms with Crippen molar-refractivity contribution < 1.29 is 9.90 Å². The summed E-state index contributed by atoms with van der Waals surface area (Å²) in [6, 6.07) is 7.84. The van der Waals surface area contributed by atoms with Crippen LogP contribution in [0.15, 0.2) is 28.7 Å². The van der Waals surface area contributed by atoms with E-state index in [-0.39, 0.29) is 5.56 Å². The van der Waals surface area contributed by atoms with Crippen LogP contribution in [0.3, 0.4) is 0 Å². The van der Waals surface area contributed by atoms with Gasteiger partial charge in [0.1, 0.15) is 11.4 Å². The topological polar surface area (TPSA) is 63.1 Å². The van der Waals surface area contributed by atoms with Gasteiger partial charge in [-0.1, -0.05) is 34.1 Å². The lowest BCUT2D eigenvalue weighted by molar-refractivity contribution is 0.0694. The van der Waals surface area contributed by atoms with E-state index in [1.165, 1.54) is 0 Å². The molecular weight excluding hydrogens is 308 g/mol. The molecule has 0 bridgehead atoms. The summed E-state index contributed by atoms with van der Waals surface area (Å²) in [4.78, 5) is 19.6. The minimum Gasteiger partial charge on any atom is -0.478 e. The summed E-state index contributed by atoms with van der Waals surface area (Å²) in [5, 5.41) is 9.08. The van der Waals surface area contributed by atoms with Gasteiger partial charge in [0.25, 0.3) is 0 Å². The molecule has 0 spiro atoms. The molecule has 0 aliphatic heterocycles. The lowest BCUT2D eigenvalue weighted by Gasteiger charge is -2.08. The van der Waals surface area contributed by atoms with Crippen LogP contribution in [-0.2, 0) is 6.42 Å². The van der Waals surface area contributed by atoms with Crippen LogP contribution < -0.4 is 0 Å². The fourth-order valence-corrected chi connectivity index (χ4v) is 2.41. The third-order valence-corrected chi connectivity index (χ3v) is 3.61. The number of hydrogen-bond acceptors (Lipinski definition) is 3. The van der Waals surface area contributed by atoms with Gasteiger partial charge in [0.15, 0.2) is 0 Å². The zero-order valence-electron chi connectivity index (χ0n) is 10.6. The summed E-state index contributed by atoms with van der Waals surface area (Å²) in [5.74, 6) is -0.352. The highest BCUT2D eigenvalue weighted by Gasteiger charge is 2.15. The summed E-state index contributed by atoms with van der Waals surface area (Å²) in [6.07, 6.45) is 0.572. The molecule has 0 unspecified atom stereocenters. The van der Waals surface area contributed by atoms with Crippen LogP contribution in [0, 0.1) is 13.8 Å². The summed E-state index contributed by atoms with van der Waals surface area (Å²) >= 11 is 3.48. The van der Waals surface area contributed by atoms with E-state index < -0.39 is 5.97 Å². The third-order valence-electron chi connectivity index (χ3n) is 2.84. The molecule has 0 saturated carbocycles. The van der Waals surface area contributed by atoms with Crippen molar-refractivity contribution in [2.45, 2.75) is 20.3 Å². The minimum atomic E-state index is -0.984. The molecule has 4 nitrogen and oxygen atoms in total. The van der Waals surface area contributed by atoms with Gasteiger partial charge in [-0.15, -0.1) is 0 Å². The maximum atomic E-state index is 11.1. The van der Waals surface area contributed by atoms with Crippen molar-refractivity contribution in [3.05, 3.63) is 57.1 Å². The van der Waals surface area contributed by atoms with Crippen molar-refractivity contribution in [2.75, 3.05) is 0 Å². The molecule has 0 amide bonds. The predicted molar refractivity (Wildman–Crippen MR) is 75.4 cm³/mol. The number of halogens is 1. The van der Waals surface area contributed by atoms with Crippen molar-refractivity contribution in [1.29, 1.82) is 0 Å². The highest BCUT2D eigenvalue weighted by molar-refractivity contribution is 9.10. The van der Waals surface area contributed by atoms with E-state index in [1.807, 2.05) is 24.3 Å². The summed E-state index contributed by atoms with van der Waals surface area (Å²) in [7, 11) is 0. The molecule has 0 aliphatic carbocycles. The van der Waals surface area contributed by atoms with Crippen molar-refractivity contribution >= 4 is 21.9 Å². The Bertz CT molecular complexity index is 618. The summed E-state index contributed by atoms with van der Waals surface area (Å²) in [5.41, 5.74) is 2.27. The molecule has 98 valence electrons. The van der Waals surface area contributed by atoms with E-state index in [4.69, 9.17) is 5.11 Å². The first-order valence-corrected chi connectivity index (χ1v) is 6.59. The summed E-state index contributed by atoms with van der Waals surface area (Å²) < 4.78 is 0.996. The van der Waals surface area contributed by atoms with E-state index in [0.29, 0.717) is 23.6 Å². The van der Waals surface area contributed by atoms with Crippen LogP contribution in [0.1, 0.15) is 33.1 Å². The Morgan fingerprint density at radius 1 is 1.21 bits per heavy atom. The van der Waals surface area contributed by atoms with Crippen LogP contribution in [0.4, 0.5) is 0 Å². The number of hydrogen-bond donors (Lipinski definition) is 1. The van der Waals surface area contributed by atoms with Crippen molar-refractivity contribution in [3.8, 4) is 0 Å². The highest BCUT2D eigenvalue weighted by Crippen LogP contribution is 2.19. The Kier molecular flexibility index (Phi) is 3.95. The Morgan fingerprint density at radius 2 is 1.79 bits per heavy atom. The first kappa shape index (κ1) is 13.7. The molecule has 0 radical (unpaired) electrons. The van der Waals surface area contributed by atoms with Crippen LogP contribution in [-0.4, -0.2) is 21.0 Å². The fourth-order valence-electron chi connectivity index (χ4n) is 1.99. The number of aromatic carboxylic acids is 1. The number of carboxylic acid groups (broad SMARTS) is 1. The molecule has 0 aliphatic rings. The number of carboxylic acids is 1. The van der Waals surface area contributed by atoms with Gasteiger partial charge in [0, 0.05) is 10.9 Å². The number of rotatable bonds is 3. The van der Waals surface area contributed by atoms with Crippen molar-refractivity contribution in [1.82, 2.24) is 9.97 Å². The molecule has 1 aromatic carbocycles. The molecule has 5 heteroatoms. The van der Waals surface area contributed by atoms with Crippen LogP contribution in [0.5, 0.6) is 0 Å². The number of aromatic nitrogens is 2. The minimum absolute atomic E-state index is 0.191. The maximum absolute atomic E-state index is 11.1. The van der Waals surface area contributed by atoms with Gasteiger partial charge in [0.2, 0.25) is 0 Å². The van der Waals surface area contributed by atoms with Gasteiger partial charge in [0.05, 0.1) is 11.4 Å². The first-order chi connectivity index (χ1) is 8.99. The van der Waals surface area contributed by atoms with Gasteiger partial charge < -0.3 is 5.11 Å². The van der Waals surface area contributed by atoms with Crippen LogP contribution in [0.25, 0.3) is 0 Å². The van der Waals surface area contributed by atoms with Gasteiger partial charge in [-0.3, -0.25) is 0 Å². The number of aryl methyl sites for hydroxylation is 2. The van der Waals surface area contributed by atoms with Crippen molar-refractivity contribution in [3.63, 3.8) is 0 Å². The van der Waals surface area contributed by atoms with Crippen LogP contribution in [0.2, 0.25) is 0 Å².